The van der Waals surface area contributed by atoms with Crippen molar-refractivity contribution in [2.24, 2.45) is 0 Å². The zero-order valence-electron chi connectivity index (χ0n) is 7.99. The number of nitrogens with one attached hydrogen (secondary N) is 1. The standard InChI is InChI=1S/C9H9BClNO3/c1-15-8-2-5-3-9(10(13)14)12-7(5)4-6(8)11/h2-4,12-14H,1H3. The summed E-state index contributed by atoms with van der Waals surface area (Å²) in [5, 5.41) is 19.3. The highest BCUT2D eigenvalue weighted by Crippen LogP contribution is 2.28. The number of hydrogen-bond acceptors (Lipinski definition) is 3. The molecule has 0 saturated heterocycles. The first-order valence-corrected chi connectivity index (χ1v) is 4.72. The summed E-state index contributed by atoms with van der Waals surface area (Å²) in [4.78, 5) is 2.85. The Labute approximate surface area is 91.6 Å². The molecule has 0 saturated carbocycles. The lowest BCUT2D eigenvalue weighted by atomic mass is 9.86. The molecule has 0 aliphatic rings. The van der Waals surface area contributed by atoms with E-state index in [0.717, 1.165) is 10.9 Å². The van der Waals surface area contributed by atoms with Gasteiger partial charge in [-0.2, -0.15) is 0 Å². The Morgan fingerprint density at radius 3 is 2.67 bits per heavy atom. The normalized spacial score (nSPS) is 10.7. The molecule has 0 atom stereocenters. The van der Waals surface area contributed by atoms with Gasteiger partial charge in [0.2, 0.25) is 0 Å². The molecule has 0 bridgehead atoms. The maximum Gasteiger partial charge on any atom is 0.505 e. The Bertz CT molecular complexity index is 497. The summed E-state index contributed by atoms with van der Waals surface area (Å²) >= 11 is 5.92. The molecule has 78 valence electrons. The monoisotopic (exact) mass is 225 g/mol. The number of benzene rings is 1. The van der Waals surface area contributed by atoms with E-state index in [1.165, 1.54) is 7.11 Å². The van der Waals surface area contributed by atoms with Gasteiger partial charge in [-0.25, -0.2) is 0 Å². The molecule has 15 heavy (non-hydrogen) atoms. The Kier molecular flexibility index (Phi) is 2.60. The molecule has 0 unspecified atom stereocenters. The molecular weight excluding hydrogens is 216 g/mol. The zero-order chi connectivity index (χ0) is 11.0. The van der Waals surface area contributed by atoms with E-state index in [4.69, 9.17) is 26.4 Å². The van der Waals surface area contributed by atoms with E-state index < -0.39 is 7.12 Å². The minimum absolute atomic E-state index is 0.328. The summed E-state index contributed by atoms with van der Waals surface area (Å²) in [7, 11) is 0.0174. The second-order valence-corrected chi connectivity index (χ2v) is 3.58. The van der Waals surface area contributed by atoms with Crippen molar-refractivity contribution in [2.45, 2.75) is 0 Å². The third-order valence-corrected chi connectivity index (χ3v) is 2.49. The van der Waals surface area contributed by atoms with Gasteiger partial charge in [0.15, 0.2) is 0 Å². The molecule has 0 radical (unpaired) electrons. The van der Waals surface area contributed by atoms with E-state index in [9.17, 15) is 0 Å². The number of aromatic nitrogens is 1. The highest BCUT2D eigenvalue weighted by Gasteiger charge is 2.15. The van der Waals surface area contributed by atoms with Crippen LogP contribution in [0.5, 0.6) is 5.75 Å². The maximum atomic E-state index is 8.98. The van der Waals surface area contributed by atoms with Gasteiger partial charge in [-0.15, -0.1) is 0 Å². The lowest BCUT2D eigenvalue weighted by molar-refractivity contribution is 0.415. The number of methoxy groups -OCH3 is 1. The summed E-state index contributed by atoms with van der Waals surface area (Å²) in [5.74, 6) is 0.558. The molecular formula is C9H9BClNO3. The SMILES string of the molecule is COc1cc2cc(B(O)O)[nH]c2cc1Cl. The van der Waals surface area contributed by atoms with E-state index in [-0.39, 0.29) is 0 Å². The molecule has 6 heteroatoms. The zero-order valence-corrected chi connectivity index (χ0v) is 8.75. The predicted octanol–water partition coefficient (Wildman–Crippen LogP) is 0.510. The number of halogens is 1. The molecule has 3 N–H and O–H groups in total. The van der Waals surface area contributed by atoms with Gasteiger partial charge in [-0.3, -0.25) is 0 Å². The summed E-state index contributed by atoms with van der Waals surface area (Å²) < 4.78 is 5.05. The van der Waals surface area contributed by atoms with Crippen LogP contribution in [0, 0.1) is 0 Å². The van der Waals surface area contributed by atoms with Crippen LogP contribution in [-0.2, 0) is 0 Å². The average Bonchev–Trinajstić information content (AvgIpc) is 2.59. The molecule has 1 heterocycles. The molecule has 0 aliphatic heterocycles. The molecule has 0 fully saturated rings. The van der Waals surface area contributed by atoms with Gasteiger partial charge < -0.3 is 19.8 Å². The van der Waals surface area contributed by atoms with Crippen LogP contribution in [0.4, 0.5) is 0 Å². The Balaban J connectivity index is 2.61. The van der Waals surface area contributed by atoms with Crippen molar-refractivity contribution in [2.75, 3.05) is 7.11 Å². The molecule has 0 spiro atoms. The number of H-pyrrole nitrogens is 1. The van der Waals surface area contributed by atoms with Crippen LogP contribution in [-0.4, -0.2) is 29.3 Å². The van der Waals surface area contributed by atoms with Crippen LogP contribution in [0.2, 0.25) is 5.02 Å². The summed E-state index contributed by atoms with van der Waals surface area (Å²) in [6.07, 6.45) is 0. The number of rotatable bonds is 2. The summed E-state index contributed by atoms with van der Waals surface area (Å²) in [5.41, 5.74) is 1.07. The summed E-state index contributed by atoms with van der Waals surface area (Å²) in [6.45, 7) is 0. The van der Waals surface area contributed by atoms with Crippen molar-refractivity contribution in [3.63, 3.8) is 0 Å². The lowest BCUT2D eigenvalue weighted by Crippen LogP contribution is -2.30. The van der Waals surface area contributed by atoms with Gasteiger partial charge in [-0.05, 0) is 18.2 Å². The minimum Gasteiger partial charge on any atom is -0.495 e. The van der Waals surface area contributed by atoms with Crippen LogP contribution in [0.25, 0.3) is 10.9 Å². The van der Waals surface area contributed by atoms with E-state index in [2.05, 4.69) is 4.98 Å². The smallest absolute Gasteiger partial charge is 0.495 e. The van der Waals surface area contributed by atoms with Gasteiger partial charge in [-0.1, -0.05) is 11.6 Å². The Morgan fingerprint density at radius 1 is 1.33 bits per heavy atom. The molecule has 0 amide bonds. The van der Waals surface area contributed by atoms with E-state index in [1.54, 1.807) is 18.2 Å². The molecule has 0 aliphatic carbocycles. The van der Waals surface area contributed by atoms with Crippen LogP contribution >= 0.6 is 11.6 Å². The fourth-order valence-electron chi connectivity index (χ4n) is 1.45. The van der Waals surface area contributed by atoms with Crippen LogP contribution in [0.1, 0.15) is 0 Å². The van der Waals surface area contributed by atoms with Crippen molar-refractivity contribution in [3.8, 4) is 5.75 Å². The first-order valence-electron chi connectivity index (χ1n) is 4.34. The van der Waals surface area contributed by atoms with Crippen molar-refractivity contribution in [1.82, 2.24) is 4.98 Å². The van der Waals surface area contributed by atoms with E-state index in [0.29, 0.717) is 16.4 Å². The Morgan fingerprint density at radius 2 is 2.07 bits per heavy atom. The second-order valence-electron chi connectivity index (χ2n) is 3.17. The quantitative estimate of drug-likeness (QED) is 0.653. The first kappa shape index (κ1) is 10.4. The van der Waals surface area contributed by atoms with Gasteiger partial charge in [0.25, 0.3) is 0 Å². The highest BCUT2D eigenvalue weighted by molar-refractivity contribution is 6.58. The number of hydrogen-bond donors (Lipinski definition) is 3. The third-order valence-electron chi connectivity index (χ3n) is 2.19. The van der Waals surface area contributed by atoms with Crippen LogP contribution in [0.15, 0.2) is 18.2 Å². The average molecular weight is 225 g/mol. The lowest BCUT2D eigenvalue weighted by Gasteiger charge is -2.01. The van der Waals surface area contributed by atoms with Gasteiger partial charge in [0.1, 0.15) is 5.75 Å². The first-order chi connectivity index (χ1) is 7.11. The number of fused-ring (bicyclic) bond motifs is 1. The highest BCUT2D eigenvalue weighted by atomic mass is 35.5. The van der Waals surface area contributed by atoms with Crippen LogP contribution in [0.3, 0.4) is 0 Å². The van der Waals surface area contributed by atoms with Crippen molar-refractivity contribution < 1.29 is 14.8 Å². The van der Waals surface area contributed by atoms with E-state index >= 15 is 0 Å². The maximum absolute atomic E-state index is 8.98. The predicted molar refractivity (Wildman–Crippen MR) is 59.7 cm³/mol. The molecule has 1 aromatic carbocycles. The molecule has 1 aromatic heterocycles. The van der Waals surface area contributed by atoms with E-state index in [1.807, 2.05) is 0 Å². The van der Waals surface area contributed by atoms with Gasteiger partial charge in [0, 0.05) is 16.5 Å². The van der Waals surface area contributed by atoms with Crippen LogP contribution < -0.4 is 10.3 Å². The van der Waals surface area contributed by atoms with Crippen molar-refractivity contribution in [1.29, 1.82) is 0 Å². The largest absolute Gasteiger partial charge is 0.505 e. The number of ether oxygens (including phenoxy) is 1. The summed E-state index contributed by atoms with van der Waals surface area (Å²) in [6, 6.07) is 5.06. The fraction of sp³-hybridized carbons (Fsp3) is 0.111. The second kappa shape index (κ2) is 3.77. The molecule has 4 nitrogen and oxygen atoms in total. The number of aromatic amines is 1. The van der Waals surface area contributed by atoms with Crippen molar-refractivity contribution in [3.05, 3.63) is 23.2 Å². The Hall–Kier alpha value is -1.17. The third kappa shape index (κ3) is 1.81. The van der Waals surface area contributed by atoms with Crippen molar-refractivity contribution >= 4 is 35.2 Å². The molecule has 2 aromatic rings. The van der Waals surface area contributed by atoms with Gasteiger partial charge >= 0.3 is 7.12 Å². The fourth-order valence-corrected chi connectivity index (χ4v) is 1.69. The topological polar surface area (TPSA) is 65.5 Å². The van der Waals surface area contributed by atoms with Gasteiger partial charge in [0.05, 0.1) is 12.1 Å². The minimum atomic E-state index is -1.51. The molecule has 2 rings (SSSR count).